The molecule has 0 aliphatic carbocycles. The van der Waals surface area contributed by atoms with Crippen molar-refractivity contribution in [1.82, 2.24) is 0 Å². The van der Waals surface area contributed by atoms with Crippen molar-refractivity contribution in [1.29, 1.82) is 0 Å². The van der Waals surface area contributed by atoms with Crippen molar-refractivity contribution in [2.75, 3.05) is 6.61 Å². The van der Waals surface area contributed by atoms with Crippen LogP contribution in [0.25, 0.3) is 0 Å². The maximum absolute atomic E-state index is 5.44. The van der Waals surface area contributed by atoms with E-state index in [4.69, 9.17) is 4.74 Å². The Morgan fingerprint density at radius 3 is 2.27 bits per heavy atom. The molecule has 0 aromatic heterocycles. The number of hydrogen-bond donors (Lipinski definition) is 0. The van der Waals surface area contributed by atoms with E-state index in [1.807, 2.05) is 0 Å². The molecule has 1 atom stereocenters. The summed E-state index contributed by atoms with van der Waals surface area (Å²) in [5, 5.41) is 0. The van der Waals surface area contributed by atoms with Crippen LogP contribution in [0.5, 0.6) is 0 Å². The van der Waals surface area contributed by atoms with Crippen LogP contribution >= 0.6 is 0 Å². The van der Waals surface area contributed by atoms with Crippen LogP contribution in [0.4, 0.5) is 0 Å². The lowest BCUT2D eigenvalue weighted by Crippen LogP contribution is -2.13. The first-order valence-corrected chi connectivity index (χ1v) is 4.31. The van der Waals surface area contributed by atoms with Gasteiger partial charge in [0.05, 0.1) is 6.04 Å². The zero-order chi connectivity index (χ0) is 8.43. The summed E-state index contributed by atoms with van der Waals surface area (Å²) < 4.78 is 5.44. The van der Waals surface area contributed by atoms with Crippen molar-refractivity contribution in [3.05, 3.63) is 0 Å². The van der Waals surface area contributed by atoms with Crippen LogP contribution in [0.1, 0.15) is 27.7 Å². The van der Waals surface area contributed by atoms with Gasteiger partial charge in [-0.05, 0) is 5.92 Å². The lowest BCUT2D eigenvalue weighted by molar-refractivity contribution is 0.280. The average Bonchev–Trinajstić information content (AvgIpc) is 2.33. The lowest BCUT2D eigenvalue weighted by atomic mass is 10.1. The maximum Gasteiger partial charge on any atom is 0.186 e. The summed E-state index contributed by atoms with van der Waals surface area (Å²) in [4.78, 5) is 4.48. The van der Waals surface area contributed by atoms with Crippen LogP contribution in [-0.2, 0) is 4.74 Å². The maximum atomic E-state index is 5.44. The van der Waals surface area contributed by atoms with Gasteiger partial charge in [-0.2, -0.15) is 0 Å². The molecule has 11 heavy (non-hydrogen) atoms. The van der Waals surface area contributed by atoms with Gasteiger partial charge in [-0.1, -0.05) is 27.7 Å². The van der Waals surface area contributed by atoms with E-state index in [0.29, 0.717) is 17.9 Å². The van der Waals surface area contributed by atoms with Crippen molar-refractivity contribution in [2.24, 2.45) is 16.8 Å². The predicted octanol–water partition coefficient (Wildman–Crippen LogP) is 2.10. The Kier molecular flexibility index (Phi) is 2.53. The highest BCUT2D eigenvalue weighted by Gasteiger charge is 2.22. The monoisotopic (exact) mass is 155 g/mol. The van der Waals surface area contributed by atoms with Crippen LogP contribution in [0.3, 0.4) is 0 Å². The molecule has 0 saturated carbocycles. The van der Waals surface area contributed by atoms with Crippen molar-refractivity contribution < 1.29 is 4.74 Å². The predicted molar refractivity (Wildman–Crippen MR) is 46.9 cm³/mol. The van der Waals surface area contributed by atoms with Crippen molar-refractivity contribution >= 4 is 5.90 Å². The highest BCUT2D eigenvalue weighted by atomic mass is 16.5. The van der Waals surface area contributed by atoms with E-state index < -0.39 is 0 Å². The third-order valence-electron chi connectivity index (χ3n) is 1.96. The van der Waals surface area contributed by atoms with E-state index in [1.54, 1.807) is 0 Å². The highest BCUT2D eigenvalue weighted by Crippen LogP contribution is 2.16. The molecule has 0 spiro atoms. The zero-order valence-corrected chi connectivity index (χ0v) is 7.79. The summed E-state index contributed by atoms with van der Waals surface area (Å²) in [6.45, 7) is 9.37. The van der Waals surface area contributed by atoms with E-state index in [0.717, 1.165) is 12.5 Å². The van der Waals surface area contributed by atoms with Gasteiger partial charge in [0.25, 0.3) is 0 Å². The van der Waals surface area contributed by atoms with Gasteiger partial charge < -0.3 is 4.74 Å². The summed E-state index contributed by atoms with van der Waals surface area (Å²) in [6.07, 6.45) is 0. The molecular weight excluding hydrogens is 138 g/mol. The normalized spacial score (nSPS) is 24.2. The standard InChI is InChI=1S/C9H17NO/c1-6(2)8-5-11-9(10-8)7(3)4/h6-8H,5H2,1-4H3/t8-/m0/s1. The molecule has 2 nitrogen and oxygen atoms in total. The average molecular weight is 155 g/mol. The number of ether oxygens (including phenoxy) is 1. The number of nitrogens with zero attached hydrogens (tertiary/aromatic N) is 1. The molecule has 0 bridgehead atoms. The van der Waals surface area contributed by atoms with Crippen LogP contribution in [0.15, 0.2) is 4.99 Å². The van der Waals surface area contributed by atoms with Crippen molar-refractivity contribution in [3.63, 3.8) is 0 Å². The molecule has 0 radical (unpaired) electrons. The van der Waals surface area contributed by atoms with Gasteiger partial charge in [-0.3, -0.25) is 0 Å². The van der Waals surface area contributed by atoms with E-state index in [1.165, 1.54) is 0 Å². The minimum atomic E-state index is 0.396. The second-order valence-electron chi connectivity index (χ2n) is 3.74. The molecule has 1 heterocycles. The fraction of sp³-hybridized carbons (Fsp3) is 0.889. The minimum absolute atomic E-state index is 0.396. The van der Waals surface area contributed by atoms with Crippen molar-refractivity contribution in [3.8, 4) is 0 Å². The van der Waals surface area contributed by atoms with E-state index in [9.17, 15) is 0 Å². The lowest BCUT2D eigenvalue weighted by Gasteiger charge is -2.06. The second kappa shape index (κ2) is 3.24. The van der Waals surface area contributed by atoms with E-state index in [-0.39, 0.29) is 0 Å². The first-order chi connectivity index (χ1) is 5.11. The fourth-order valence-corrected chi connectivity index (χ4v) is 1.07. The van der Waals surface area contributed by atoms with Crippen LogP contribution in [0.2, 0.25) is 0 Å². The van der Waals surface area contributed by atoms with Gasteiger partial charge in [0.15, 0.2) is 5.90 Å². The molecule has 0 amide bonds. The first kappa shape index (κ1) is 8.57. The van der Waals surface area contributed by atoms with Gasteiger partial charge in [-0.25, -0.2) is 4.99 Å². The van der Waals surface area contributed by atoms with Gasteiger partial charge in [0.1, 0.15) is 6.61 Å². The van der Waals surface area contributed by atoms with Gasteiger partial charge in [0.2, 0.25) is 0 Å². The molecule has 64 valence electrons. The Morgan fingerprint density at radius 1 is 1.36 bits per heavy atom. The third-order valence-corrected chi connectivity index (χ3v) is 1.96. The zero-order valence-electron chi connectivity index (χ0n) is 7.79. The number of rotatable bonds is 2. The molecule has 2 heteroatoms. The smallest absolute Gasteiger partial charge is 0.186 e. The van der Waals surface area contributed by atoms with Gasteiger partial charge in [0, 0.05) is 5.92 Å². The Morgan fingerprint density at radius 2 is 2.00 bits per heavy atom. The minimum Gasteiger partial charge on any atom is -0.478 e. The van der Waals surface area contributed by atoms with Gasteiger partial charge >= 0.3 is 0 Å². The first-order valence-electron chi connectivity index (χ1n) is 4.31. The highest BCUT2D eigenvalue weighted by molar-refractivity contribution is 5.79. The van der Waals surface area contributed by atoms with Crippen molar-refractivity contribution in [2.45, 2.75) is 33.7 Å². The molecule has 0 aromatic carbocycles. The Bertz CT molecular complexity index is 161. The molecule has 1 aliphatic rings. The number of hydrogen-bond acceptors (Lipinski definition) is 2. The third kappa shape index (κ3) is 1.95. The van der Waals surface area contributed by atoms with Crippen LogP contribution in [-0.4, -0.2) is 18.5 Å². The summed E-state index contributed by atoms with van der Waals surface area (Å²) in [5.74, 6) is 1.98. The summed E-state index contributed by atoms with van der Waals surface area (Å²) in [7, 11) is 0. The van der Waals surface area contributed by atoms with E-state index >= 15 is 0 Å². The summed E-state index contributed by atoms with van der Waals surface area (Å²) in [6, 6.07) is 0.396. The van der Waals surface area contributed by atoms with Gasteiger partial charge in [-0.15, -0.1) is 0 Å². The molecule has 1 aliphatic heterocycles. The largest absolute Gasteiger partial charge is 0.478 e. The Hall–Kier alpha value is -0.530. The SMILES string of the molecule is CC(C)C1=N[C@H](C(C)C)CO1. The molecule has 0 N–H and O–H groups in total. The molecule has 0 unspecified atom stereocenters. The molecule has 0 saturated heterocycles. The summed E-state index contributed by atoms with van der Waals surface area (Å²) in [5.41, 5.74) is 0. The molecule has 0 fully saturated rings. The molecule has 0 aromatic rings. The topological polar surface area (TPSA) is 21.6 Å². The fourth-order valence-electron chi connectivity index (χ4n) is 1.07. The molecular formula is C9H17NO. The van der Waals surface area contributed by atoms with Crippen LogP contribution < -0.4 is 0 Å². The molecule has 1 rings (SSSR count). The Balaban J connectivity index is 2.54. The van der Waals surface area contributed by atoms with Crippen LogP contribution in [0, 0.1) is 11.8 Å². The summed E-state index contributed by atoms with van der Waals surface area (Å²) >= 11 is 0. The quantitative estimate of drug-likeness (QED) is 0.598. The second-order valence-corrected chi connectivity index (χ2v) is 3.74. The number of aliphatic imine (C=N–C) groups is 1. The Labute approximate surface area is 68.7 Å². The van der Waals surface area contributed by atoms with E-state index in [2.05, 4.69) is 32.7 Å².